The lowest BCUT2D eigenvalue weighted by Crippen LogP contribution is -2.32. The van der Waals surface area contributed by atoms with Crippen LogP contribution in [0.1, 0.15) is 45.7 Å². The van der Waals surface area contributed by atoms with E-state index in [-0.39, 0.29) is 41.7 Å². The van der Waals surface area contributed by atoms with Gasteiger partial charge in [-0.05, 0) is 31.5 Å². The van der Waals surface area contributed by atoms with Crippen molar-refractivity contribution < 1.29 is 13.2 Å². The number of nitrogens with zero attached hydrogens (tertiary/aromatic N) is 1. The van der Waals surface area contributed by atoms with Gasteiger partial charge in [0, 0.05) is 25.6 Å². The number of nitrogens with two attached hydrogens (primary N) is 1. The van der Waals surface area contributed by atoms with Crippen LogP contribution in [-0.2, 0) is 14.8 Å². The molecule has 0 radical (unpaired) electrons. The first-order chi connectivity index (χ1) is 10.7. The fraction of sp³-hybridized carbons (Fsp3) is 0.562. The molecule has 0 aliphatic rings. The molecule has 2 unspecified atom stereocenters. The molecule has 1 aromatic rings. The van der Waals surface area contributed by atoms with Gasteiger partial charge in [0.25, 0.3) is 0 Å². The van der Waals surface area contributed by atoms with Gasteiger partial charge in [0.15, 0.2) is 0 Å². The molecule has 0 saturated carbocycles. The molecular formula is C16H28ClN3O3S. The van der Waals surface area contributed by atoms with E-state index in [1.165, 1.54) is 4.31 Å². The summed E-state index contributed by atoms with van der Waals surface area (Å²) in [5, 5.41) is 2.85. The molecule has 1 amide bonds. The van der Waals surface area contributed by atoms with Crippen molar-refractivity contribution >= 4 is 28.3 Å². The second-order valence-corrected chi connectivity index (χ2v) is 7.57. The van der Waals surface area contributed by atoms with Crippen molar-refractivity contribution in [3.63, 3.8) is 0 Å². The Balaban J connectivity index is 0.00000529. The normalized spacial score (nSPS) is 13.9. The van der Waals surface area contributed by atoms with Crippen molar-refractivity contribution in [1.29, 1.82) is 0 Å². The average molecular weight is 378 g/mol. The van der Waals surface area contributed by atoms with E-state index < -0.39 is 10.0 Å². The Bertz CT molecular complexity index is 614. The van der Waals surface area contributed by atoms with Gasteiger partial charge in [0.05, 0.1) is 10.9 Å². The van der Waals surface area contributed by atoms with Gasteiger partial charge in [-0.2, -0.15) is 4.31 Å². The van der Waals surface area contributed by atoms with Crippen LogP contribution in [0.2, 0.25) is 0 Å². The fourth-order valence-corrected chi connectivity index (χ4v) is 3.78. The number of carbonyl (C=O) groups excluding carboxylic acids is 1. The third kappa shape index (κ3) is 6.05. The van der Waals surface area contributed by atoms with Crippen molar-refractivity contribution in [2.24, 2.45) is 5.73 Å². The van der Waals surface area contributed by atoms with Crippen LogP contribution in [0.3, 0.4) is 0 Å². The van der Waals surface area contributed by atoms with E-state index >= 15 is 0 Å². The van der Waals surface area contributed by atoms with E-state index in [9.17, 15) is 13.2 Å². The van der Waals surface area contributed by atoms with Gasteiger partial charge in [-0.1, -0.05) is 26.0 Å². The Labute approximate surface area is 151 Å². The quantitative estimate of drug-likeness (QED) is 0.725. The summed E-state index contributed by atoms with van der Waals surface area (Å²) in [5.41, 5.74) is 6.45. The third-order valence-corrected chi connectivity index (χ3v) is 5.67. The van der Waals surface area contributed by atoms with Gasteiger partial charge in [0.2, 0.25) is 15.9 Å². The van der Waals surface area contributed by atoms with E-state index in [0.29, 0.717) is 13.1 Å². The number of sulfonamides is 1. The molecule has 0 heterocycles. The largest absolute Gasteiger partial charge is 0.350 e. The topological polar surface area (TPSA) is 92.5 Å². The van der Waals surface area contributed by atoms with Crippen molar-refractivity contribution in [2.75, 3.05) is 13.1 Å². The number of benzene rings is 1. The zero-order chi connectivity index (χ0) is 17.6. The number of rotatable bonds is 8. The summed E-state index contributed by atoms with van der Waals surface area (Å²) in [7, 11) is -3.45. The maximum absolute atomic E-state index is 12.4. The molecule has 3 N–H and O–H groups in total. The van der Waals surface area contributed by atoms with Crippen LogP contribution in [0.25, 0.3) is 0 Å². The molecule has 1 rings (SSSR count). The summed E-state index contributed by atoms with van der Waals surface area (Å²) < 4.78 is 26.2. The van der Waals surface area contributed by atoms with Crippen molar-refractivity contribution in [3.8, 4) is 0 Å². The highest BCUT2D eigenvalue weighted by atomic mass is 35.5. The number of carbonyl (C=O) groups is 1. The lowest BCUT2D eigenvalue weighted by Gasteiger charge is -2.19. The third-order valence-electron chi connectivity index (χ3n) is 3.61. The lowest BCUT2D eigenvalue weighted by atomic mass is 10.1. The molecule has 8 heteroatoms. The zero-order valence-electron chi connectivity index (χ0n) is 14.7. The minimum Gasteiger partial charge on any atom is -0.350 e. The maximum atomic E-state index is 12.4. The van der Waals surface area contributed by atoms with E-state index in [1.54, 1.807) is 31.2 Å². The Morgan fingerprint density at radius 2 is 1.67 bits per heavy atom. The molecule has 0 saturated heterocycles. The van der Waals surface area contributed by atoms with Gasteiger partial charge >= 0.3 is 0 Å². The summed E-state index contributed by atoms with van der Waals surface area (Å²) in [4.78, 5) is 12.0. The first-order valence-corrected chi connectivity index (χ1v) is 9.31. The van der Waals surface area contributed by atoms with Crippen LogP contribution in [0.4, 0.5) is 0 Å². The first-order valence-electron chi connectivity index (χ1n) is 7.87. The van der Waals surface area contributed by atoms with E-state index in [1.807, 2.05) is 20.8 Å². The monoisotopic (exact) mass is 377 g/mol. The van der Waals surface area contributed by atoms with E-state index in [2.05, 4.69) is 5.32 Å². The summed E-state index contributed by atoms with van der Waals surface area (Å²) >= 11 is 0. The molecule has 0 bridgehead atoms. The molecule has 24 heavy (non-hydrogen) atoms. The second-order valence-electron chi connectivity index (χ2n) is 5.63. The van der Waals surface area contributed by atoms with Gasteiger partial charge in [0.1, 0.15) is 0 Å². The molecule has 0 aliphatic carbocycles. The minimum absolute atomic E-state index is 0. The lowest BCUT2D eigenvalue weighted by molar-refractivity contribution is -0.122. The van der Waals surface area contributed by atoms with Crippen molar-refractivity contribution in [2.45, 2.75) is 51.1 Å². The number of hydrogen-bond acceptors (Lipinski definition) is 4. The van der Waals surface area contributed by atoms with Gasteiger partial charge in [-0.25, -0.2) is 8.42 Å². The molecule has 2 atom stereocenters. The Morgan fingerprint density at radius 3 is 2.08 bits per heavy atom. The van der Waals surface area contributed by atoms with Gasteiger partial charge in [-0.15, -0.1) is 12.4 Å². The smallest absolute Gasteiger partial charge is 0.243 e. The van der Waals surface area contributed by atoms with Crippen LogP contribution in [0.5, 0.6) is 0 Å². The summed E-state index contributed by atoms with van der Waals surface area (Å²) in [6.07, 6.45) is 0.263. The van der Waals surface area contributed by atoms with Gasteiger partial charge in [-0.3, -0.25) is 4.79 Å². The maximum Gasteiger partial charge on any atom is 0.243 e. The molecule has 1 aromatic carbocycles. The number of nitrogens with one attached hydrogen (secondary N) is 1. The number of hydrogen-bond donors (Lipinski definition) is 2. The van der Waals surface area contributed by atoms with Gasteiger partial charge < -0.3 is 11.1 Å². The molecule has 0 spiro atoms. The standard InChI is InChI=1S/C16H27N3O3S.ClH/c1-5-19(6-2)23(21,22)15-9-7-14(8-10-15)13(4)18-16(20)11-12(3)17;/h7-10,12-13H,5-6,11,17H2,1-4H3,(H,18,20);1H. The van der Waals surface area contributed by atoms with Crippen LogP contribution in [0, 0.1) is 0 Å². The summed E-state index contributed by atoms with van der Waals surface area (Å²) in [6, 6.07) is 6.23. The molecular weight excluding hydrogens is 350 g/mol. The number of amides is 1. The SMILES string of the molecule is CCN(CC)S(=O)(=O)c1ccc(C(C)NC(=O)CC(C)N)cc1.Cl. The van der Waals surface area contributed by atoms with Crippen LogP contribution < -0.4 is 11.1 Å². The predicted molar refractivity (Wildman–Crippen MR) is 98.6 cm³/mol. The van der Waals surface area contributed by atoms with E-state index in [4.69, 9.17) is 5.73 Å². The highest BCUT2D eigenvalue weighted by Crippen LogP contribution is 2.19. The molecule has 138 valence electrons. The van der Waals surface area contributed by atoms with Crippen LogP contribution in [-0.4, -0.2) is 37.8 Å². The molecule has 0 fully saturated rings. The summed E-state index contributed by atoms with van der Waals surface area (Å²) in [5.74, 6) is -0.118. The predicted octanol–water partition coefficient (Wildman–Crippen LogP) is 2.05. The molecule has 0 aromatic heterocycles. The Hall–Kier alpha value is -1.15. The van der Waals surface area contributed by atoms with E-state index in [0.717, 1.165) is 5.56 Å². The molecule has 0 aliphatic heterocycles. The second kappa shape index (κ2) is 9.98. The zero-order valence-corrected chi connectivity index (χ0v) is 16.3. The van der Waals surface area contributed by atoms with Crippen LogP contribution >= 0.6 is 12.4 Å². The molecule has 6 nitrogen and oxygen atoms in total. The Kier molecular flexibility index (Phi) is 9.50. The fourth-order valence-electron chi connectivity index (χ4n) is 2.32. The van der Waals surface area contributed by atoms with Crippen LogP contribution in [0.15, 0.2) is 29.2 Å². The first kappa shape index (κ1) is 22.9. The highest BCUT2D eigenvalue weighted by molar-refractivity contribution is 7.89. The van der Waals surface area contributed by atoms with Crippen molar-refractivity contribution in [3.05, 3.63) is 29.8 Å². The summed E-state index contributed by atoms with van der Waals surface area (Å²) in [6.45, 7) is 8.12. The number of halogens is 1. The minimum atomic E-state index is -3.45. The highest BCUT2D eigenvalue weighted by Gasteiger charge is 2.21. The average Bonchev–Trinajstić information content (AvgIpc) is 2.47. The Morgan fingerprint density at radius 1 is 1.17 bits per heavy atom. The van der Waals surface area contributed by atoms with Crippen molar-refractivity contribution in [1.82, 2.24) is 9.62 Å².